The molecular formula is C17H23N3O. The molecule has 2 aromatic heterocycles. The molecule has 0 radical (unpaired) electrons. The lowest BCUT2D eigenvalue weighted by Crippen LogP contribution is -2.15. The lowest BCUT2D eigenvalue weighted by atomic mass is 10.1. The summed E-state index contributed by atoms with van der Waals surface area (Å²) in [6.45, 7) is 0.806. The minimum Gasteiger partial charge on any atom is -0.481 e. The van der Waals surface area contributed by atoms with Crippen molar-refractivity contribution < 1.29 is 4.74 Å². The van der Waals surface area contributed by atoms with Crippen LogP contribution in [0.5, 0.6) is 5.88 Å². The van der Waals surface area contributed by atoms with Gasteiger partial charge in [0.05, 0.1) is 13.7 Å². The summed E-state index contributed by atoms with van der Waals surface area (Å²) >= 11 is 0. The molecule has 0 amide bonds. The molecular weight excluding hydrogens is 262 g/mol. The van der Waals surface area contributed by atoms with E-state index in [2.05, 4.69) is 40.4 Å². The van der Waals surface area contributed by atoms with Gasteiger partial charge < -0.3 is 14.6 Å². The van der Waals surface area contributed by atoms with Gasteiger partial charge in [0.2, 0.25) is 5.88 Å². The van der Waals surface area contributed by atoms with Crippen LogP contribution in [0.2, 0.25) is 0 Å². The van der Waals surface area contributed by atoms with Gasteiger partial charge in [0.15, 0.2) is 0 Å². The van der Waals surface area contributed by atoms with Crippen LogP contribution in [0.1, 0.15) is 42.0 Å². The molecule has 0 fully saturated rings. The maximum Gasteiger partial charge on any atom is 0.218 e. The zero-order valence-electron chi connectivity index (χ0n) is 12.8. The first-order valence-electron chi connectivity index (χ1n) is 7.65. The van der Waals surface area contributed by atoms with Gasteiger partial charge in [0.25, 0.3) is 0 Å². The minimum atomic E-state index is 0.486. The van der Waals surface area contributed by atoms with Gasteiger partial charge in [-0.15, -0.1) is 0 Å². The minimum absolute atomic E-state index is 0.486. The van der Waals surface area contributed by atoms with Crippen molar-refractivity contribution in [2.45, 2.75) is 38.3 Å². The summed E-state index contributed by atoms with van der Waals surface area (Å²) in [7, 11) is 3.73. The predicted octanol–water partition coefficient (Wildman–Crippen LogP) is 2.93. The lowest BCUT2D eigenvalue weighted by Gasteiger charge is -2.13. The molecule has 2 heterocycles. The molecule has 0 saturated heterocycles. The second-order valence-corrected chi connectivity index (χ2v) is 5.67. The molecule has 4 nitrogen and oxygen atoms in total. The number of aryl methyl sites for hydroxylation is 1. The first-order valence-corrected chi connectivity index (χ1v) is 7.65. The standard InChI is InChI=1S/C17H23N3O/c1-18-16-8-4-3-6-13-10-20(12-15(13)16)11-14-7-5-9-19-17(14)21-2/h5,7,9-10,12,16,18H,3-4,6,8,11H2,1-2H3. The second-order valence-electron chi connectivity index (χ2n) is 5.67. The van der Waals surface area contributed by atoms with Gasteiger partial charge in [-0.1, -0.05) is 12.5 Å². The average molecular weight is 285 g/mol. The normalized spacial score (nSPS) is 18.1. The zero-order chi connectivity index (χ0) is 14.7. The Hall–Kier alpha value is -1.81. The summed E-state index contributed by atoms with van der Waals surface area (Å²) in [5, 5.41) is 3.45. The summed E-state index contributed by atoms with van der Waals surface area (Å²) in [4.78, 5) is 4.27. The number of fused-ring (bicyclic) bond motifs is 1. The summed E-state index contributed by atoms with van der Waals surface area (Å²) in [6, 6.07) is 4.52. The molecule has 21 heavy (non-hydrogen) atoms. The quantitative estimate of drug-likeness (QED) is 0.878. The van der Waals surface area contributed by atoms with Crippen LogP contribution in [0.4, 0.5) is 0 Å². The fraction of sp³-hybridized carbons (Fsp3) is 0.471. The SMILES string of the molecule is CNC1CCCCc2cn(Cc3cccnc3OC)cc21. The largest absolute Gasteiger partial charge is 0.481 e. The van der Waals surface area contributed by atoms with E-state index in [1.54, 1.807) is 13.3 Å². The number of nitrogens with zero attached hydrogens (tertiary/aromatic N) is 2. The fourth-order valence-electron chi connectivity index (χ4n) is 3.23. The smallest absolute Gasteiger partial charge is 0.218 e. The summed E-state index contributed by atoms with van der Waals surface area (Å²) in [6.07, 6.45) is 11.3. The van der Waals surface area contributed by atoms with Gasteiger partial charge >= 0.3 is 0 Å². The van der Waals surface area contributed by atoms with Gasteiger partial charge in [-0.25, -0.2) is 4.98 Å². The van der Waals surface area contributed by atoms with E-state index >= 15 is 0 Å². The highest BCUT2D eigenvalue weighted by atomic mass is 16.5. The Morgan fingerprint density at radius 1 is 1.38 bits per heavy atom. The van der Waals surface area contributed by atoms with Crippen LogP contribution in [0.25, 0.3) is 0 Å². The molecule has 0 spiro atoms. The third-order valence-electron chi connectivity index (χ3n) is 4.31. The molecule has 0 bridgehead atoms. The number of hydrogen-bond acceptors (Lipinski definition) is 3. The van der Waals surface area contributed by atoms with Gasteiger partial charge in [0.1, 0.15) is 0 Å². The number of nitrogens with one attached hydrogen (secondary N) is 1. The number of hydrogen-bond donors (Lipinski definition) is 1. The fourth-order valence-corrected chi connectivity index (χ4v) is 3.23. The van der Waals surface area contributed by atoms with E-state index in [4.69, 9.17) is 4.74 Å². The van der Waals surface area contributed by atoms with Crippen LogP contribution in [-0.4, -0.2) is 23.7 Å². The molecule has 3 rings (SSSR count). The Morgan fingerprint density at radius 3 is 3.10 bits per heavy atom. The number of methoxy groups -OCH3 is 1. The molecule has 1 aliphatic rings. The molecule has 1 unspecified atom stereocenters. The highest BCUT2D eigenvalue weighted by Crippen LogP contribution is 2.29. The Bertz CT molecular complexity index is 606. The van der Waals surface area contributed by atoms with E-state index < -0.39 is 0 Å². The van der Waals surface area contributed by atoms with Crippen molar-refractivity contribution >= 4 is 0 Å². The monoisotopic (exact) mass is 285 g/mol. The Balaban J connectivity index is 1.87. The molecule has 1 N–H and O–H groups in total. The number of aromatic nitrogens is 2. The van der Waals surface area contributed by atoms with Crippen molar-refractivity contribution in [2.75, 3.05) is 14.2 Å². The van der Waals surface area contributed by atoms with Crippen LogP contribution in [0.3, 0.4) is 0 Å². The molecule has 0 aromatic carbocycles. The Labute approximate surface area is 126 Å². The molecule has 112 valence electrons. The summed E-state index contributed by atoms with van der Waals surface area (Å²) in [5.74, 6) is 0.714. The van der Waals surface area contributed by atoms with Gasteiger partial charge in [0, 0.05) is 30.2 Å². The molecule has 1 aliphatic carbocycles. The summed E-state index contributed by atoms with van der Waals surface area (Å²) in [5.41, 5.74) is 4.05. The van der Waals surface area contributed by atoms with Crippen molar-refractivity contribution in [3.63, 3.8) is 0 Å². The van der Waals surface area contributed by atoms with Crippen molar-refractivity contribution in [3.8, 4) is 5.88 Å². The molecule has 4 heteroatoms. The Kier molecular flexibility index (Phi) is 4.25. The first-order chi connectivity index (χ1) is 10.3. The average Bonchev–Trinajstić information content (AvgIpc) is 2.81. The molecule has 0 saturated carbocycles. The van der Waals surface area contributed by atoms with Gasteiger partial charge in [-0.05, 0) is 43.5 Å². The highest BCUT2D eigenvalue weighted by molar-refractivity contribution is 5.31. The first kappa shape index (κ1) is 14.1. The van der Waals surface area contributed by atoms with Crippen molar-refractivity contribution in [2.24, 2.45) is 0 Å². The lowest BCUT2D eigenvalue weighted by molar-refractivity contribution is 0.391. The number of pyridine rings is 1. The third-order valence-corrected chi connectivity index (χ3v) is 4.31. The van der Waals surface area contributed by atoms with E-state index in [1.807, 2.05) is 6.07 Å². The molecule has 2 aromatic rings. The van der Waals surface area contributed by atoms with E-state index in [9.17, 15) is 0 Å². The van der Waals surface area contributed by atoms with Crippen LogP contribution in [-0.2, 0) is 13.0 Å². The van der Waals surface area contributed by atoms with Crippen LogP contribution in [0.15, 0.2) is 30.7 Å². The molecule has 0 aliphatic heterocycles. The number of ether oxygens (including phenoxy) is 1. The topological polar surface area (TPSA) is 39.1 Å². The van der Waals surface area contributed by atoms with Crippen molar-refractivity contribution in [1.82, 2.24) is 14.9 Å². The van der Waals surface area contributed by atoms with Crippen molar-refractivity contribution in [3.05, 3.63) is 47.4 Å². The van der Waals surface area contributed by atoms with Crippen molar-refractivity contribution in [1.29, 1.82) is 0 Å². The second kappa shape index (κ2) is 6.31. The number of rotatable bonds is 4. The van der Waals surface area contributed by atoms with E-state index in [0.29, 0.717) is 11.9 Å². The van der Waals surface area contributed by atoms with E-state index in [-0.39, 0.29) is 0 Å². The van der Waals surface area contributed by atoms with E-state index in [0.717, 1.165) is 12.1 Å². The zero-order valence-corrected chi connectivity index (χ0v) is 12.8. The summed E-state index contributed by atoms with van der Waals surface area (Å²) < 4.78 is 7.61. The maximum absolute atomic E-state index is 5.35. The highest BCUT2D eigenvalue weighted by Gasteiger charge is 2.19. The van der Waals surface area contributed by atoms with Crippen LogP contribution < -0.4 is 10.1 Å². The van der Waals surface area contributed by atoms with Gasteiger partial charge in [-0.3, -0.25) is 0 Å². The van der Waals surface area contributed by atoms with Crippen LogP contribution in [0, 0.1) is 0 Å². The molecule has 1 atom stereocenters. The predicted molar refractivity (Wildman–Crippen MR) is 83.7 cm³/mol. The maximum atomic E-state index is 5.35. The van der Waals surface area contributed by atoms with Gasteiger partial charge in [-0.2, -0.15) is 0 Å². The van der Waals surface area contributed by atoms with Crippen LogP contribution >= 0.6 is 0 Å². The third kappa shape index (κ3) is 2.95. The van der Waals surface area contributed by atoms with E-state index in [1.165, 1.54) is 36.8 Å². The Morgan fingerprint density at radius 2 is 2.29 bits per heavy atom.